The first kappa shape index (κ1) is 19.9. The minimum Gasteiger partial charge on any atom is -0.332 e. The number of amides is 1. The molecule has 1 aliphatic heterocycles. The number of aryl methyl sites for hydroxylation is 3. The van der Waals surface area contributed by atoms with Gasteiger partial charge in [-0.05, 0) is 62.9 Å². The minimum absolute atomic E-state index is 0.0856. The van der Waals surface area contributed by atoms with Crippen molar-refractivity contribution in [1.29, 1.82) is 0 Å². The normalized spacial score (nSPS) is 21.5. The van der Waals surface area contributed by atoms with E-state index in [1.165, 1.54) is 11.0 Å². The molecule has 2 heterocycles. The summed E-state index contributed by atoms with van der Waals surface area (Å²) in [7, 11) is -1.21. The molecule has 1 aliphatic carbocycles. The van der Waals surface area contributed by atoms with E-state index in [4.69, 9.17) is 0 Å². The largest absolute Gasteiger partial charge is 0.332 e. The molecule has 2 aliphatic rings. The van der Waals surface area contributed by atoms with Crippen molar-refractivity contribution in [1.82, 2.24) is 4.98 Å². The van der Waals surface area contributed by atoms with Gasteiger partial charge in [0.1, 0.15) is 23.5 Å². The van der Waals surface area contributed by atoms with Crippen LogP contribution in [0.25, 0.3) is 0 Å². The molecule has 1 amide bonds. The fraction of sp³-hybridized carbons (Fsp3) is 0.429. The van der Waals surface area contributed by atoms with Crippen molar-refractivity contribution in [2.75, 3.05) is 21.4 Å². The van der Waals surface area contributed by atoms with Crippen LogP contribution in [-0.4, -0.2) is 38.8 Å². The third-order valence-electron chi connectivity index (χ3n) is 5.30. The van der Waals surface area contributed by atoms with Crippen molar-refractivity contribution in [2.45, 2.75) is 45.7 Å². The van der Waals surface area contributed by atoms with Gasteiger partial charge < -0.3 is 9.80 Å². The molecule has 1 saturated carbocycles. The number of halogens is 2. The number of anilines is 2. The van der Waals surface area contributed by atoms with Gasteiger partial charge >= 0.3 is 0 Å². The molecular weight excluding hydrogens is 396 g/mol. The Morgan fingerprint density at radius 1 is 1.14 bits per heavy atom. The minimum atomic E-state index is -1.21. The predicted octanol–water partition coefficient (Wildman–Crippen LogP) is 3.38. The Bertz CT molecular complexity index is 989. The molecule has 2 aromatic rings. The van der Waals surface area contributed by atoms with E-state index < -0.39 is 28.5 Å². The van der Waals surface area contributed by atoms with Crippen LogP contribution in [0.1, 0.15) is 29.7 Å². The van der Waals surface area contributed by atoms with Crippen molar-refractivity contribution in [3.63, 3.8) is 0 Å². The van der Waals surface area contributed by atoms with E-state index in [9.17, 15) is 17.8 Å². The molecule has 1 aromatic heterocycles. The topological polar surface area (TPSA) is 53.5 Å². The van der Waals surface area contributed by atoms with Crippen molar-refractivity contribution >= 4 is 28.2 Å². The maximum absolute atomic E-state index is 14.6. The number of hydrogen-bond acceptors (Lipinski definition) is 4. The van der Waals surface area contributed by atoms with E-state index in [0.29, 0.717) is 5.82 Å². The Kier molecular flexibility index (Phi) is 5.14. The number of carbonyl (C=O) groups excluding carboxylic acids is 1. The highest BCUT2D eigenvalue weighted by atomic mass is 32.2. The Morgan fingerprint density at radius 2 is 1.86 bits per heavy atom. The molecule has 154 valence electrons. The molecule has 4 rings (SSSR count). The van der Waals surface area contributed by atoms with Crippen molar-refractivity contribution in [2.24, 2.45) is 0 Å². The number of carbonyl (C=O) groups is 1. The summed E-state index contributed by atoms with van der Waals surface area (Å²) in [6.45, 7) is 5.35. The summed E-state index contributed by atoms with van der Waals surface area (Å²) in [6, 6.07) is 5.18. The van der Waals surface area contributed by atoms with E-state index in [1.807, 2.05) is 26.0 Å². The molecule has 2 atom stereocenters. The van der Waals surface area contributed by atoms with Gasteiger partial charge in [0.15, 0.2) is 0 Å². The summed E-state index contributed by atoms with van der Waals surface area (Å²) in [5.74, 6) is -0.753. The van der Waals surface area contributed by atoms with Crippen LogP contribution in [0.4, 0.5) is 20.3 Å². The third kappa shape index (κ3) is 3.90. The summed E-state index contributed by atoms with van der Waals surface area (Å²) in [5, 5.41) is 0. The molecule has 0 bridgehead atoms. The number of pyridine rings is 1. The molecule has 1 saturated heterocycles. The lowest BCUT2D eigenvalue weighted by molar-refractivity contribution is -0.119. The molecule has 29 heavy (non-hydrogen) atoms. The van der Waals surface area contributed by atoms with Crippen LogP contribution in [-0.2, 0) is 15.6 Å². The van der Waals surface area contributed by atoms with E-state index in [0.717, 1.165) is 30.2 Å². The highest BCUT2D eigenvalue weighted by Crippen LogP contribution is 2.36. The summed E-state index contributed by atoms with van der Waals surface area (Å²) in [4.78, 5) is 21.2. The van der Waals surface area contributed by atoms with E-state index >= 15 is 0 Å². The summed E-state index contributed by atoms with van der Waals surface area (Å²) in [6.07, 6.45) is 1.53. The number of benzene rings is 1. The first-order valence-corrected chi connectivity index (χ1v) is 11.1. The van der Waals surface area contributed by atoms with Gasteiger partial charge in [-0.3, -0.25) is 9.00 Å². The second-order valence-electron chi connectivity index (χ2n) is 7.86. The maximum atomic E-state index is 14.6. The van der Waals surface area contributed by atoms with E-state index in [2.05, 4.69) is 4.98 Å². The third-order valence-corrected chi connectivity index (χ3v) is 6.56. The molecular formula is C21H23F2N3O2S. The second-order valence-corrected chi connectivity index (χ2v) is 9.33. The Labute approximate surface area is 171 Å². The SMILES string of the molecule is Cc1cc(C)nc(N2CS(=O)C[C@@H]2C(=O)N(c2cc(C)c(F)cc2F)C2CC2)c1. The van der Waals surface area contributed by atoms with E-state index in [1.54, 1.807) is 11.8 Å². The van der Waals surface area contributed by atoms with Gasteiger partial charge in [0.25, 0.3) is 5.91 Å². The zero-order valence-electron chi connectivity index (χ0n) is 16.6. The summed E-state index contributed by atoms with van der Waals surface area (Å²) < 4.78 is 40.7. The lowest BCUT2D eigenvalue weighted by atomic mass is 10.1. The number of aromatic nitrogens is 1. The van der Waals surface area contributed by atoms with Gasteiger partial charge in [-0.25, -0.2) is 13.8 Å². The summed E-state index contributed by atoms with van der Waals surface area (Å²) >= 11 is 0. The molecule has 5 nitrogen and oxygen atoms in total. The van der Waals surface area contributed by atoms with Crippen molar-refractivity contribution in [3.05, 3.63) is 52.7 Å². The van der Waals surface area contributed by atoms with Crippen molar-refractivity contribution < 1.29 is 17.8 Å². The fourth-order valence-corrected chi connectivity index (χ4v) is 5.18. The van der Waals surface area contributed by atoms with Crippen LogP contribution in [0.2, 0.25) is 0 Å². The molecule has 1 aromatic carbocycles. The molecule has 2 fully saturated rings. The van der Waals surface area contributed by atoms with Gasteiger partial charge in [0.05, 0.1) is 17.3 Å². The molecule has 0 radical (unpaired) electrons. The van der Waals surface area contributed by atoms with Crippen LogP contribution in [0.15, 0.2) is 24.3 Å². The van der Waals surface area contributed by atoms with Gasteiger partial charge in [-0.15, -0.1) is 0 Å². The monoisotopic (exact) mass is 419 g/mol. The molecule has 0 N–H and O–H groups in total. The average Bonchev–Trinajstić information content (AvgIpc) is 3.39. The number of nitrogens with zero attached hydrogens (tertiary/aromatic N) is 3. The maximum Gasteiger partial charge on any atom is 0.251 e. The highest BCUT2D eigenvalue weighted by Gasteiger charge is 2.44. The van der Waals surface area contributed by atoms with Crippen LogP contribution < -0.4 is 9.80 Å². The first-order chi connectivity index (χ1) is 13.7. The Hall–Kier alpha value is -2.35. The fourth-order valence-electron chi connectivity index (χ4n) is 3.78. The standard InChI is InChI=1S/C21H23F2N3O2S/c1-12-6-14(3)24-20(7-12)25-11-29(28)10-19(25)21(27)26(15-4-5-15)18-8-13(2)16(22)9-17(18)23/h6-9,15,19H,4-5,10-11H2,1-3H3/t19-,29?/m1/s1. The number of hydrogen-bond donors (Lipinski definition) is 0. The van der Waals surface area contributed by atoms with Crippen LogP contribution >= 0.6 is 0 Å². The summed E-state index contributed by atoms with van der Waals surface area (Å²) in [5.41, 5.74) is 2.17. The number of rotatable bonds is 4. The smallest absolute Gasteiger partial charge is 0.251 e. The van der Waals surface area contributed by atoms with E-state index in [-0.39, 0.29) is 34.8 Å². The van der Waals surface area contributed by atoms with Gasteiger partial charge in [-0.2, -0.15) is 0 Å². The second kappa shape index (κ2) is 7.48. The Balaban J connectivity index is 1.72. The zero-order valence-corrected chi connectivity index (χ0v) is 17.4. The lowest BCUT2D eigenvalue weighted by Crippen LogP contribution is -2.49. The first-order valence-electron chi connectivity index (χ1n) is 9.60. The van der Waals surface area contributed by atoms with Gasteiger partial charge in [0, 0.05) is 28.6 Å². The van der Waals surface area contributed by atoms with Crippen molar-refractivity contribution in [3.8, 4) is 0 Å². The van der Waals surface area contributed by atoms with Crippen LogP contribution in [0, 0.1) is 32.4 Å². The highest BCUT2D eigenvalue weighted by molar-refractivity contribution is 7.85. The molecule has 1 unspecified atom stereocenters. The lowest BCUT2D eigenvalue weighted by Gasteiger charge is -2.31. The van der Waals surface area contributed by atoms with Gasteiger partial charge in [0.2, 0.25) is 0 Å². The van der Waals surface area contributed by atoms with Crippen LogP contribution in [0.3, 0.4) is 0 Å². The Morgan fingerprint density at radius 3 is 2.52 bits per heavy atom. The van der Waals surface area contributed by atoms with Crippen LogP contribution in [0.5, 0.6) is 0 Å². The average molecular weight is 419 g/mol. The zero-order chi connectivity index (χ0) is 20.9. The quantitative estimate of drug-likeness (QED) is 0.763. The predicted molar refractivity (Wildman–Crippen MR) is 109 cm³/mol. The molecule has 0 spiro atoms. The van der Waals surface area contributed by atoms with Gasteiger partial charge in [-0.1, -0.05) is 0 Å². The molecule has 8 heteroatoms.